The summed E-state index contributed by atoms with van der Waals surface area (Å²) in [5, 5.41) is 2.57. The number of hydrogen-bond acceptors (Lipinski definition) is 3. The van der Waals surface area contributed by atoms with Crippen molar-refractivity contribution in [2.24, 2.45) is 11.5 Å². The van der Waals surface area contributed by atoms with Gasteiger partial charge in [0, 0.05) is 6.54 Å². The minimum absolute atomic E-state index is 0.319. The molecule has 0 saturated carbocycles. The molecule has 92 valence electrons. The topological polar surface area (TPSA) is 119 Å². The van der Waals surface area contributed by atoms with Gasteiger partial charge in [-0.1, -0.05) is 13.3 Å². The van der Waals surface area contributed by atoms with Crippen molar-refractivity contribution in [1.29, 1.82) is 0 Å². The third kappa shape index (κ3) is 6.63. The molecule has 0 aliphatic heterocycles. The van der Waals surface area contributed by atoms with E-state index in [0.717, 1.165) is 17.7 Å². The quantitative estimate of drug-likeness (QED) is 0.475. The molecule has 0 radical (unpaired) electrons. The second kappa shape index (κ2) is 7.49. The van der Waals surface area contributed by atoms with E-state index in [1.54, 1.807) is 0 Å². The average Bonchev–Trinajstić information content (AvgIpc) is 2.15. The number of primary amides is 2. The van der Waals surface area contributed by atoms with Gasteiger partial charge in [0.1, 0.15) is 13.1 Å². The maximum atomic E-state index is 11.5. The van der Waals surface area contributed by atoms with Crippen LogP contribution in [0.25, 0.3) is 0 Å². The molecule has 0 atom stereocenters. The average molecular weight is 230 g/mol. The van der Waals surface area contributed by atoms with Crippen molar-refractivity contribution < 1.29 is 14.4 Å². The second-order valence-electron chi connectivity index (χ2n) is 3.37. The highest BCUT2D eigenvalue weighted by Crippen LogP contribution is 1.90. The summed E-state index contributed by atoms with van der Waals surface area (Å²) in [6, 6.07) is -0.508. The van der Waals surface area contributed by atoms with E-state index in [4.69, 9.17) is 11.5 Å². The zero-order chi connectivity index (χ0) is 12.6. The van der Waals surface area contributed by atoms with Gasteiger partial charge in [0.05, 0.1) is 0 Å². The summed E-state index contributed by atoms with van der Waals surface area (Å²) in [5.74, 6) is -1.38. The first-order valence-electron chi connectivity index (χ1n) is 5.06. The van der Waals surface area contributed by atoms with Crippen molar-refractivity contribution >= 4 is 17.8 Å². The van der Waals surface area contributed by atoms with Gasteiger partial charge in [-0.3, -0.25) is 9.59 Å². The fourth-order valence-corrected chi connectivity index (χ4v) is 1.06. The normalized spacial score (nSPS) is 9.56. The molecular formula is C9H18N4O3. The Morgan fingerprint density at radius 3 is 2.00 bits per heavy atom. The number of rotatable bonds is 7. The van der Waals surface area contributed by atoms with E-state index in [1.165, 1.54) is 0 Å². The van der Waals surface area contributed by atoms with Crippen molar-refractivity contribution in [2.45, 2.75) is 19.8 Å². The molecule has 0 saturated heterocycles. The molecule has 0 aromatic rings. The lowest BCUT2D eigenvalue weighted by molar-refractivity contribution is -0.120. The van der Waals surface area contributed by atoms with Crippen molar-refractivity contribution in [3.8, 4) is 0 Å². The lowest BCUT2D eigenvalue weighted by Gasteiger charge is -2.19. The smallest absolute Gasteiger partial charge is 0.318 e. The number of nitrogens with two attached hydrogens (primary N) is 2. The van der Waals surface area contributed by atoms with E-state index in [2.05, 4.69) is 5.32 Å². The highest BCUT2D eigenvalue weighted by atomic mass is 16.2. The van der Waals surface area contributed by atoms with Gasteiger partial charge in [-0.15, -0.1) is 0 Å². The van der Waals surface area contributed by atoms with E-state index in [0.29, 0.717) is 6.54 Å². The van der Waals surface area contributed by atoms with Crippen LogP contribution >= 0.6 is 0 Å². The highest BCUT2D eigenvalue weighted by Gasteiger charge is 2.16. The zero-order valence-corrected chi connectivity index (χ0v) is 9.36. The molecule has 0 rings (SSSR count). The molecule has 0 unspecified atom stereocenters. The maximum absolute atomic E-state index is 11.5. The van der Waals surface area contributed by atoms with Gasteiger partial charge < -0.3 is 21.7 Å². The van der Waals surface area contributed by atoms with Gasteiger partial charge in [0.2, 0.25) is 11.8 Å². The molecule has 0 spiro atoms. The monoisotopic (exact) mass is 230 g/mol. The third-order valence-corrected chi connectivity index (χ3v) is 1.79. The maximum Gasteiger partial charge on any atom is 0.318 e. The van der Waals surface area contributed by atoms with Crippen LogP contribution in [0.5, 0.6) is 0 Å². The Morgan fingerprint density at radius 2 is 1.62 bits per heavy atom. The predicted molar refractivity (Wildman–Crippen MR) is 58.3 cm³/mol. The Balaban J connectivity index is 4.20. The Hall–Kier alpha value is -1.79. The fourth-order valence-electron chi connectivity index (χ4n) is 1.06. The number of unbranched alkanes of at least 4 members (excludes halogenated alkanes) is 1. The molecule has 4 amide bonds. The highest BCUT2D eigenvalue weighted by molar-refractivity contribution is 5.87. The van der Waals surface area contributed by atoms with Crippen LogP contribution in [0.1, 0.15) is 19.8 Å². The van der Waals surface area contributed by atoms with Gasteiger partial charge in [0.15, 0.2) is 0 Å². The third-order valence-electron chi connectivity index (χ3n) is 1.79. The van der Waals surface area contributed by atoms with Crippen LogP contribution in [0.3, 0.4) is 0 Å². The minimum Gasteiger partial charge on any atom is -0.368 e. The molecule has 0 fully saturated rings. The standard InChI is InChI=1S/C9H18N4O3/c1-2-3-4-12-9(16)13(5-7(10)14)6-8(11)15/h2-6H2,1H3,(H2,10,14)(H2,11,15)(H,12,16). The lowest BCUT2D eigenvalue weighted by Crippen LogP contribution is -2.48. The molecule has 0 aromatic heterocycles. The van der Waals surface area contributed by atoms with Crippen molar-refractivity contribution in [3.05, 3.63) is 0 Å². The molecule has 16 heavy (non-hydrogen) atoms. The zero-order valence-electron chi connectivity index (χ0n) is 9.36. The van der Waals surface area contributed by atoms with Crippen LogP contribution < -0.4 is 16.8 Å². The number of nitrogens with zero attached hydrogens (tertiary/aromatic N) is 1. The van der Waals surface area contributed by atoms with Crippen LogP contribution in [0.15, 0.2) is 0 Å². The molecule has 0 bridgehead atoms. The van der Waals surface area contributed by atoms with Gasteiger partial charge in [-0.25, -0.2) is 4.79 Å². The number of amides is 4. The van der Waals surface area contributed by atoms with E-state index in [9.17, 15) is 14.4 Å². The van der Waals surface area contributed by atoms with E-state index < -0.39 is 17.8 Å². The molecule has 5 N–H and O–H groups in total. The number of nitrogens with one attached hydrogen (secondary N) is 1. The number of urea groups is 1. The van der Waals surface area contributed by atoms with E-state index >= 15 is 0 Å². The van der Waals surface area contributed by atoms with Crippen LogP contribution in [0, 0.1) is 0 Å². The Labute approximate surface area is 94.1 Å². The first kappa shape index (κ1) is 14.2. The summed E-state index contributed by atoms with van der Waals surface area (Å²) in [4.78, 5) is 33.8. The summed E-state index contributed by atoms with van der Waals surface area (Å²) < 4.78 is 0. The molecule has 0 aliphatic carbocycles. The second-order valence-corrected chi connectivity index (χ2v) is 3.37. The van der Waals surface area contributed by atoms with Crippen LogP contribution in [-0.2, 0) is 9.59 Å². The van der Waals surface area contributed by atoms with Crippen molar-refractivity contribution in [2.75, 3.05) is 19.6 Å². The molecular weight excluding hydrogens is 212 g/mol. The molecule has 0 aromatic carbocycles. The molecule has 7 nitrogen and oxygen atoms in total. The first-order valence-corrected chi connectivity index (χ1v) is 5.06. The first-order chi connectivity index (χ1) is 7.47. The van der Waals surface area contributed by atoms with E-state index in [-0.39, 0.29) is 13.1 Å². The molecule has 0 heterocycles. The Morgan fingerprint density at radius 1 is 1.12 bits per heavy atom. The summed E-state index contributed by atoms with van der Waals surface area (Å²) in [5.41, 5.74) is 9.90. The predicted octanol–water partition coefficient (Wildman–Crippen LogP) is -1.23. The Kier molecular flexibility index (Phi) is 6.66. The minimum atomic E-state index is -0.688. The largest absolute Gasteiger partial charge is 0.368 e. The number of carbonyl (C=O) groups excluding carboxylic acids is 3. The summed E-state index contributed by atoms with van der Waals surface area (Å²) in [6.07, 6.45) is 1.76. The summed E-state index contributed by atoms with van der Waals surface area (Å²) in [6.45, 7) is 1.84. The Bertz CT molecular complexity index is 251. The summed E-state index contributed by atoms with van der Waals surface area (Å²) >= 11 is 0. The fraction of sp³-hybridized carbons (Fsp3) is 0.667. The van der Waals surface area contributed by atoms with Gasteiger partial charge >= 0.3 is 6.03 Å². The lowest BCUT2D eigenvalue weighted by atomic mass is 10.3. The van der Waals surface area contributed by atoms with Gasteiger partial charge in [0.25, 0.3) is 0 Å². The van der Waals surface area contributed by atoms with Crippen LogP contribution in [0.2, 0.25) is 0 Å². The number of carbonyl (C=O) groups is 3. The van der Waals surface area contributed by atoms with E-state index in [1.807, 2.05) is 6.92 Å². The van der Waals surface area contributed by atoms with Gasteiger partial charge in [-0.2, -0.15) is 0 Å². The van der Waals surface area contributed by atoms with Crippen molar-refractivity contribution in [1.82, 2.24) is 10.2 Å². The SMILES string of the molecule is CCCCNC(=O)N(CC(N)=O)CC(N)=O. The van der Waals surface area contributed by atoms with Gasteiger partial charge in [-0.05, 0) is 6.42 Å². The number of hydrogen-bond donors (Lipinski definition) is 3. The summed E-state index contributed by atoms with van der Waals surface area (Å²) in [7, 11) is 0. The van der Waals surface area contributed by atoms with Crippen LogP contribution in [-0.4, -0.2) is 42.4 Å². The van der Waals surface area contributed by atoms with Crippen LogP contribution in [0.4, 0.5) is 4.79 Å². The van der Waals surface area contributed by atoms with Crippen molar-refractivity contribution in [3.63, 3.8) is 0 Å². The molecule has 0 aliphatic rings. The molecule has 7 heteroatoms.